The van der Waals surface area contributed by atoms with Gasteiger partial charge in [-0.1, -0.05) is 24.3 Å². The molecule has 4 heterocycles. The zero-order chi connectivity index (χ0) is 22.8. The second-order valence-corrected chi connectivity index (χ2v) is 8.78. The summed E-state index contributed by atoms with van der Waals surface area (Å²) >= 11 is 1.43. The number of carbonyl (C=O) groups excluding carboxylic acids is 2. The molecule has 0 unspecified atom stereocenters. The Morgan fingerprint density at radius 2 is 1.67 bits per heavy atom. The average Bonchev–Trinajstić information content (AvgIpc) is 3.40. The molecule has 0 spiro atoms. The number of piperazine rings is 1. The lowest BCUT2D eigenvalue weighted by atomic mass is 10.0. The van der Waals surface area contributed by atoms with Crippen molar-refractivity contribution in [2.24, 2.45) is 0 Å². The molecule has 9 heteroatoms. The monoisotopic (exact) mass is 459 g/mol. The molecule has 2 amide bonds. The van der Waals surface area contributed by atoms with E-state index in [9.17, 15) is 14.4 Å². The molecule has 1 fully saturated rings. The minimum atomic E-state index is -0.225. The van der Waals surface area contributed by atoms with Crippen LogP contribution in [0.15, 0.2) is 64.9 Å². The van der Waals surface area contributed by atoms with Crippen molar-refractivity contribution >= 4 is 33.9 Å². The van der Waals surface area contributed by atoms with E-state index in [-0.39, 0.29) is 17.4 Å². The summed E-state index contributed by atoms with van der Waals surface area (Å²) in [5.74, 6) is -0.141. The molecule has 1 aromatic carbocycles. The van der Waals surface area contributed by atoms with Crippen molar-refractivity contribution in [2.75, 3.05) is 26.2 Å². The highest BCUT2D eigenvalue weighted by Gasteiger charge is 2.26. The summed E-state index contributed by atoms with van der Waals surface area (Å²) in [6, 6.07) is 14.6. The normalized spacial score (nSPS) is 13.9. The zero-order valence-electron chi connectivity index (χ0n) is 17.7. The van der Waals surface area contributed by atoms with Crippen LogP contribution >= 0.6 is 11.3 Å². The van der Waals surface area contributed by atoms with Gasteiger partial charge in [-0.25, -0.2) is 5.10 Å². The predicted octanol–water partition coefficient (Wildman–Crippen LogP) is 2.57. The van der Waals surface area contributed by atoms with Gasteiger partial charge in [-0.3, -0.25) is 19.4 Å². The van der Waals surface area contributed by atoms with Crippen molar-refractivity contribution < 1.29 is 9.59 Å². The lowest BCUT2D eigenvalue weighted by molar-refractivity contribution is 0.0535. The van der Waals surface area contributed by atoms with Gasteiger partial charge in [0.25, 0.3) is 17.4 Å². The molecule has 1 aliphatic heterocycles. The summed E-state index contributed by atoms with van der Waals surface area (Å²) < 4.78 is 0. The van der Waals surface area contributed by atoms with Crippen LogP contribution in [-0.4, -0.2) is 63.0 Å². The largest absolute Gasteiger partial charge is 0.334 e. The van der Waals surface area contributed by atoms with E-state index in [1.165, 1.54) is 11.3 Å². The van der Waals surface area contributed by atoms with E-state index in [4.69, 9.17) is 0 Å². The van der Waals surface area contributed by atoms with Crippen molar-refractivity contribution in [2.45, 2.75) is 6.42 Å². The third-order valence-corrected chi connectivity index (χ3v) is 6.63. The van der Waals surface area contributed by atoms with Gasteiger partial charge in [0.2, 0.25) is 0 Å². The number of rotatable bonds is 4. The molecular formula is C24H21N5O3S. The van der Waals surface area contributed by atoms with E-state index >= 15 is 0 Å². The Morgan fingerprint density at radius 1 is 0.939 bits per heavy atom. The first kappa shape index (κ1) is 21.0. The summed E-state index contributed by atoms with van der Waals surface area (Å²) in [6.45, 7) is 1.92. The lowest BCUT2D eigenvalue weighted by Gasteiger charge is -2.34. The van der Waals surface area contributed by atoms with Crippen molar-refractivity contribution in [3.8, 4) is 0 Å². The van der Waals surface area contributed by atoms with Gasteiger partial charge in [0.05, 0.1) is 16.0 Å². The maximum absolute atomic E-state index is 13.1. The number of thiophene rings is 1. The molecule has 5 rings (SSSR count). The van der Waals surface area contributed by atoms with Crippen LogP contribution in [0, 0.1) is 0 Å². The SMILES string of the molecule is O=C(c1cc(Cc2n[nH]c(=O)c3ccccc23)ccn1)N1CCN(C(=O)c2cccs2)CC1. The van der Waals surface area contributed by atoms with E-state index in [2.05, 4.69) is 15.2 Å². The highest BCUT2D eigenvalue weighted by atomic mass is 32.1. The van der Waals surface area contributed by atoms with Crippen LogP contribution < -0.4 is 5.56 Å². The van der Waals surface area contributed by atoms with Crippen molar-refractivity contribution in [1.29, 1.82) is 0 Å². The summed E-state index contributed by atoms with van der Waals surface area (Å²) in [4.78, 5) is 46.1. The number of nitrogens with zero attached hydrogens (tertiary/aromatic N) is 4. The van der Waals surface area contributed by atoms with Crippen LogP contribution in [0.2, 0.25) is 0 Å². The topological polar surface area (TPSA) is 99.3 Å². The second kappa shape index (κ2) is 8.95. The van der Waals surface area contributed by atoms with E-state index in [0.29, 0.717) is 48.6 Å². The molecule has 0 radical (unpaired) electrons. The van der Waals surface area contributed by atoms with E-state index in [1.807, 2.05) is 41.8 Å². The number of hydrogen-bond acceptors (Lipinski definition) is 6. The number of H-pyrrole nitrogens is 1. The van der Waals surface area contributed by atoms with Crippen molar-refractivity contribution in [3.05, 3.63) is 92.3 Å². The summed E-state index contributed by atoms with van der Waals surface area (Å²) in [5, 5.41) is 10.0. The van der Waals surface area contributed by atoms with E-state index in [1.54, 1.807) is 28.1 Å². The molecule has 0 aliphatic carbocycles. The minimum absolute atomic E-state index is 0.0119. The number of nitrogens with one attached hydrogen (secondary N) is 1. The molecule has 1 saturated heterocycles. The first-order chi connectivity index (χ1) is 16.1. The fourth-order valence-electron chi connectivity index (χ4n) is 4.03. The van der Waals surface area contributed by atoms with Gasteiger partial charge in [0.15, 0.2) is 0 Å². The summed E-state index contributed by atoms with van der Waals surface area (Å²) in [5.41, 5.74) is 1.75. The van der Waals surface area contributed by atoms with Crippen LogP contribution in [0.5, 0.6) is 0 Å². The quantitative estimate of drug-likeness (QED) is 0.506. The Kier molecular flexibility index (Phi) is 5.70. The van der Waals surface area contributed by atoms with Gasteiger partial charge in [-0.05, 0) is 35.2 Å². The molecule has 4 aromatic rings. The Morgan fingerprint density at radius 3 is 2.39 bits per heavy atom. The Balaban J connectivity index is 1.29. The number of hydrogen-bond donors (Lipinski definition) is 1. The van der Waals surface area contributed by atoms with Gasteiger partial charge in [-0.15, -0.1) is 11.3 Å². The number of aromatic nitrogens is 3. The highest BCUT2D eigenvalue weighted by molar-refractivity contribution is 7.12. The number of benzene rings is 1. The van der Waals surface area contributed by atoms with Gasteiger partial charge in [0, 0.05) is 44.2 Å². The molecule has 1 aliphatic rings. The number of aromatic amines is 1. The molecule has 1 N–H and O–H groups in total. The van der Waals surface area contributed by atoms with Crippen LogP contribution in [0.3, 0.4) is 0 Å². The zero-order valence-corrected chi connectivity index (χ0v) is 18.5. The summed E-state index contributed by atoms with van der Waals surface area (Å²) in [6.07, 6.45) is 2.08. The fraction of sp³-hybridized carbons (Fsp3) is 0.208. The molecule has 0 atom stereocenters. The smallest absolute Gasteiger partial charge is 0.272 e. The first-order valence-corrected chi connectivity index (χ1v) is 11.5. The molecule has 3 aromatic heterocycles. The number of pyridine rings is 1. The van der Waals surface area contributed by atoms with Crippen LogP contribution in [0.1, 0.15) is 31.4 Å². The lowest BCUT2D eigenvalue weighted by Crippen LogP contribution is -2.50. The van der Waals surface area contributed by atoms with E-state index < -0.39 is 0 Å². The van der Waals surface area contributed by atoms with Gasteiger partial charge >= 0.3 is 0 Å². The number of amides is 2. The average molecular weight is 460 g/mol. The highest BCUT2D eigenvalue weighted by Crippen LogP contribution is 2.18. The van der Waals surface area contributed by atoms with Crippen LogP contribution in [0.4, 0.5) is 0 Å². The molecule has 0 bridgehead atoms. The molecule has 166 valence electrons. The number of fused-ring (bicyclic) bond motifs is 1. The Bertz CT molecular complexity index is 1370. The van der Waals surface area contributed by atoms with Gasteiger partial charge in [0.1, 0.15) is 5.69 Å². The maximum atomic E-state index is 13.1. The van der Waals surface area contributed by atoms with Crippen LogP contribution in [0.25, 0.3) is 10.8 Å². The molecule has 8 nitrogen and oxygen atoms in total. The number of carbonyl (C=O) groups is 2. The first-order valence-electron chi connectivity index (χ1n) is 10.6. The minimum Gasteiger partial charge on any atom is -0.334 e. The molecule has 0 saturated carbocycles. The maximum Gasteiger partial charge on any atom is 0.272 e. The molecule has 33 heavy (non-hydrogen) atoms. The van der Waals surface area contributed by atoms with Crippen molar-refractivity contribution in [1.82, 2.24) is 25.0 Å². The van der Waals surface area contributed by atoms with Gasteiger partial charge < -0.3 is 9.80 Å². The Labute approximate surface area is 193 Å². The van der Waals surface area contributed by atoms with Gasteiger partial charge in [-0.2, -0.15) is 5.10 Å². The third kappa shape index (κ3) is 4.27. The fourth-order valence-corrected chi connectivity index (χ4v) is 4.72. The Hall–Kier alpha value is -3.85. The molecular weight excluding hydrogens is 438 g/mol. The van der Waals surface area contributed by atoms with Crippen molar-refractivity contribution in [3.63, 3.8) is 0 Å². The third-order valence-electron chi connectivity index (χ3n) is 5.78. The standard InChI is InChI=1S/C24H21N5O3S/c30-22-18-5-2-1-4-17(18)19(26-27-22)14-16-7-8-25-20(15-16)23(31)28-9-11-29(12-10-28)24(32)21-6-3-13-33-21/h1-8,13,15H,9-12,14H2,(H,27,30). The predicted molar refractivity (Wildman–Crippen MR) is 126 cm³/mol. The second-order valence-electron chi connectivity index (χ2n) is 7.83. The van der Waals surface area contributed by atoms with Crippen LogP contribution in [-0.2, 0) is 6.42 Å². The van der Waals surface area contributed by atoms with E-state index in [0.717, 1.165) is 16.6 Å². The summed E-state index contributed by atoms with van der Waals surface area (Å²) in [7, 11) is 0.